The minimum atomic E-state index is -0.165. The van der Waals surface area contributed by atoms with E-state index >= 15 is 0 Å². The number of benzene rings is 1. The molecule has 1 aromatic heterocycles. The molecule has 0 saturated carbocycles. The van der Waals surface area contributed by atoms with Gasteiger partial charge in [-0.25, -0.2) is 9.67 Å². The second-order valence-corrected chi connectivity index (χ2v) is 6.62. The van der Waals surface area contributed by atoms with Gasteiger partial charge >= 0.3 is 5.97 Å². The molecule has 0 aliphatic carbocycles. The lowest BCUT2D eigenvalue weighted by Gasteiger charge is -2.13. The largest absolute Gasteiger partial charge is 0.469 e. The molecule has 2 rings (SSSR count). The summed E-state index contributed by atoms with van der Waals surface area (Å²) in [5, 5.41) is 11.2. The van der Waals surface area contributed by atoms with Gasteiger partial charge in [-0.2, -0.15) is 5.10 Å². The van der Waals surface area contributed by atoms with Gasteiger partial charge in [0.1, 0.15) is 0 Å². The van der Waals surface area contributed by atoms with Crippen LogP contribution in [0.4, 0.5) is 0 Å². The first kappa shape index (κ1) is 21.5. The van der Waals surface area contributed by atoms with Crippen LogP contribution in [0, 0.1) is 13.8 Å². The van der Waals surface area contributed by atoms with Gasteiger partial charge in [0.05, 0.1) is 25.0 Å². The van der Waals surface area contributed by atoms with Crippen LogP contribution in [0.2, 0.25) is 0 Å². The molecular formula is C21H31N5O2. The number of unbranched alkanes of at least 4 members (excludes halogenated alkanes) is 1. The summed E-state index contributed by atoms with van der Waals surface area (Å²) in [7, 11) is 1.42. The van der Waals surface area contributed by atoms with E-state index < -0.39 is 0 Å². The average Bonchev–Trinajstić information content (AvgIpc) is 3.03. The van der Waals surface area contributed by atoms with Crippen LogP contribution in [-0.4, -0.2) is 41.9 Å². The molecule has 28 heavy (non-hydrogen) atoms. The van der Waals surface area contributed by atoms with Crippen LogP contribution in [-0.2, 0) is 16.1 Å². The Kier molecular flexibility index (Phi) is 8.52. The molecule has 0 saturated heterocycles. The second kappa shape index (κ2) is 11.1. The fourth-order valence-corrected chi connectivity index (χ4v) is 2.93. The third-order valence-corrected chi connectivity index (χ3v) is 4.31. The normalized spacial score (nSPS) is 11.4. The zero-order valence-corrected chi connectivity index (χ0v) is 17.3. The third kappa shape index (κ3) is 6.40. The van der Waals surface area contributed by atoms with Gasteiger partial charge in [0, 0.05) is 25.2 Å². The van der Waals surface area contributed by atoms with Crippen molar-refractivity contribution in [2.75, 3.05) is 20.2 Å². The van der Waals surface area contributed by atoms with Crippen LogP contribution in [0.3, 0.4) is 0 Å². The number of guanidine groups is 1. The molecular weight excluding hydrogens is 354 g/mol. The van der Waals surface area contributed by atoms with E-state index in [2.05, 4.69) is 45.6 Å². The van der Waals surface area contributed by atoms with Gasteiger partial charge in [-0.1, -0.05) is 18.2 Å². The molecule has 1 heterocycles. The monoisotopic (exact) mass is 385 g/mol. The van der Waals surface area contributed by atoms with Gasteiger partial charge in [-0.05, 0) is 51.3 Å². The molecule has 0 aliphatic heterocycles. The number of rotatable bonds is 9. The molecule has 152 valence electrons. The molecule has 0 fully saturated rings. The van der Waals surface area contributed by atoms with Gasteiger partial charge in [0.25, 0.3) is 0 Å². The first-order chi connectivity index (χ1) is 13.5. The summed E-state index contributed by atoms with van der Waals surface area (Å²) < 4.78 is 6.62. The topological polar surface area (TPSA) is 80.5 Å². The van der Waals surface area contributed by atoms with Crippen LogP contribution in [0.25, 0.3) is 5.69 Å². The maximum atomic E-state index is 11.2. The highest BCUT2D eigenvalue weighted by Crippen LogP contribution is 2.17. The lowest BCUT2D eigenvalue weighted by molar-refractivity contribution is -0.140. The Hall–Kier alpha value is -2.83. The number of carbonyl (C=O) groups excluding carboxylic acids is 1. The number of nitrogens with zero attached hydrogens (tertiary/aromatic N) is 3. The number of aryl methyl sites for hydroxylation is 2. The predicted octanol–water partition coefficient (Wildman–Crippen LogP) is 2.89. The Morgan fingerprint density at radius 1 is 1.21 bits per heavy atom. The molecule has 0 bridgehead atoms. The Morgan fingerprint density at radius 2 is 2.00 bits per heavy atom. The number of hydrogen-bond acceptors (Lipinski definition) is 4. The number of aromatic nitrogens is 2. The smallest absolute Gasteiger partial charge is 0.305 e. The van der Waals surface area contributed by atoms with E-state index in [9.17, 15) is 4.79 Å². The molecule has 7 heteroatoms. The molecule has 0 atom stereocenters. The van der Waals surface area contributed by atoms with E-state index in [-0.39, 0.29) is 5.97 Å². The number of methoxy groups -OCH3 is 1. The molecule has 0 aliphatic rings. The quantitative estimate of drug-likeness (QED) is 0.300. The van der Waals surface area contributed by atoms with Gasteiger partial charge in [-0.3, -0.25) is 4.79 Å². The maximum Gasteiger partial charge on any atom is 0.305 e. The zero-order chi connectivity index (χ0) is 20.4. The standard InChI is InChI=1S/C21H31N5O2/c1-5-22-21(23-13-9-8-12-20(27)28-4)24-15-18-10-6-7-11-19(18)26-17(3)14-16(2)25-26/h6-7,10-11,14H,5,8-9,12-13,15H2,1-4H3,(H2,22,23,24). The molecule has 0 unspecified atom stereocenters. The van der Waals surface area contributed by atoms with Crippen molar-refractivity contribution in [1.82, 2.24) is 20.4 Å². The SMILES string of the molecule is CCNC(=NCc1ccccc1-n1nc(C)cc1C)NCCCCC(=O)OC. The minimum Gasteiger partial charge on any atom is -0.469 e. The van der Waals surface area contributed by atoms with E-state index in [1.165, 1.54) is 7.11 Å². The van der Waals surface area contributed by atoms with Crippen molar-refractivity contribution in [2.24, 2.45) is 4.99 Å². The summed E-state index contributed by atoms with van der Waals surface area (Å²) in [5.41, 5.74) is 4.25. The Bertz CT molecular complexity index is 798. The first-order valence-electron chi connectivity index (χ1n) is 9.75. The molecule has 0 amide bonds. The molecule has 2 aromatic rings. The molecule has 7 nitrogen and oxygen atoms in total. The summed E-state index contributed by atoms with van der Waals surface area (Å²) in [6, 6.07) is 10.3. The molecule has 0 spiro atoms. The maximum absolute atomic E-state index is 11.2. The van der Waals surface area contributed by atoms with Crippen LogP contribution < -0.4 is 10.6 Å². The van der Waals surface area contributed by atoms with Crippen LogP contribution in [0.15, 0.2) is 35.3 Å². The number of carbonyl (C=O) groups is 1. The number of nitrogens with one attached hydrogen (secondary N) is 2. The lowest BCUT2D eigenvalue weighted by Crippen LogP contribution is -2.37. The first-order valence-corrected chi connectivity index (χ1v) is 9.75. The van der Waals surface area contributed by atoms with E-state index in [4.69, 9.17) is 4.99 Å². The number of hydrogen-bond donors (Lipinski definition) is 2. The average molecular weight is 386 g/mol. The molecule has 0 radical (unpaired) electrons. The highest BCUT2D eigenvalue weighted by Gasteiger charge is 2.08. The summed E-state index contributed by atoms with van der Waals surface area (Å²) >= 11 is 0. The van der Waals surface area contributed by atoms with Crippen molar-refractivity contribution >= 4 is 11.9 Å². The van der Waals surface area contributed by atoms with Crippen molar-refractivity contribution in [3.63, 3.8) is 0 Å². The summed E-state index contributed by atoms with van der Waals surface area (Å²) in [6.45, 7) is 8.18. The zero-order valence-electron chi connectivity index (χ0n) is 17.3. The van der Waals surface area contributed by atoms with Crippen LogP contribution in [0.5, 0.6) is 0 Å². The Morgan fingerprint density at radius 3 is 2.68 bits per heavy atom. The minimum absolute atomic E-state index is 0.165. The molecule has 1 aromatic carbocycles. The van der Waals surface area contributed by atoms with Gasteiger partial charge in [0.2, 0.25) is 0 Å². The fourth-order valence-electron chi connectivity index (χ4n) is 2.93. The van der Waals surface area contributed by atoms with Crippen molar-refractivity contribution in [3.05, 3.63) is 47.3 Å². The number of para-hydroxylation sites is 1. The van der Waals surface area contributed by atoms with Gasteiger partial charge < -0.3 is 15.4 Å². The van der Waals surface area contributed by atoms with E-state index in [0.717, 1.165) is 54.5 Å². The summed E-state index contributed by atoms with van der Waals surface area (Å²) in [4.78, 5) is 15.9. The van der Waals surface area contributed by atoms with E-state index in [0.29, 0.717) is 13.0 Å². The third-order valence-electron chi connectivity index (χ3n) is 4.31. The predicted molar refractivity (Wildman–Crippen MR) is 112 cm³/mol. The number of aliphatic imine (C=N–C) groups is 1. The summed E-state index contributed by atoms with van der Waals surface area (Å²) in [6.07, 6.45) is 2.11. The van der Waals surface area contributed by atoms with Gasteiger partial charge in [-0.15, -0.1) is 0 Å². The Labute approximate surface area is 167 Å². The van der Waals surface area contributed by atoms with Crippen LogP contribution >= 0.6 is 0 Å². The number of ether oxygens (including phenoxy) is 1. The number of esters is 1. The van der Waals surface area contributed by atoms with Crippen molar-refractivity contribution < 1.29 is 9.53 Å². The highest BCUT2D eigenvalue weighted by molar-refractivity contribution is 5.79. The Balaban J connectivity index is 2.01. The highest BCUT2D eigenvalue weighted by atomic mass is 16.5. The molecule has 2 N–H and O–H groups in total. The van der Waals surface area contributed by atoms with Crippen molar-refractivity contribution in [2.45, 2.75) is 46.6 Å². The van der Waals surface area contributed by atoms with Crippen molar-refractivity contribution in [3.8, 4) is 5.69 Å². The van der Waals surface area contributed by atoms with E-state index in [1.54, 1.807) is 0 Å². The van der Waals surface area contributed by atoms with E-state index in [1.807, 2.05) is 30.7 Å². The van der Waals surface area contributed by atoms with Crippen molar-refractivity contribution in [1.29, 1.82) is 0 Å². The lowest BCUT2D eigenvalue weighted by atomic mass is 10.2. The van der Waals surface area contributed by atoms with Crippen LogP contribution in [0.1, 0.15) is 43.1 Å². The summed E-state index contributed by atoms with van der Waals surface area (Å²) in [5.74, 6) is 0.602. The van der Waals surface area contributed by atoms with Gasteiger partial charge in [0.15, 0.2) is 5.96 Å². The second-order valence-electron chi connectivity index (χ2n) is 6.62. The fraction of sp³-hybridized carbons (Fsp3) is 0.476.